The lowest BCUT2D eigenvalue weighted by Crippen LogP contribution is -2.00. The molecule has 0 N–H and O–H groups in total. The first-order valence-corrected chi connectivity index (χ1v) is 9.96. The molecule has 2 heteroatoms. The minimum absolute atomic E-state index is 0.671. The van der Waals surface area contributed by atoms with Gasteiger partial charge < -0.3 is 4.74 Å². The van der Waals surface area contributed by atoms with Crippen LogP contribution in [0.15, 0.2) is 36.4 Å². The minimum Gasteiger partial charge on any atom is -0.493 e. The van der Waals surface area contributed by atoms with Gasteiger partial charge in [-0.1, -0.05) is 95.0 Å². The lowest BCUT2D eigenvalue weighted by molar-refractivity contribution is 0.112. The second-order valence-electron chi connectivity index (χ2n) is 6.85. The standard InChI is InChI=1S/C23H32O2/c1-2-3-4-5-6-7-8-9-10-13-18-25-23-17-16-20-14-11-12-15-21(20)22(23)19-24/h11-12,14-17,19H,2-10,13,18H2,1H3. The molecule has 0 aliphatic carbocycles. The summed E-state index contributed by atoms with van der Waals surface area (Å²) >= 11 is 0. The fourth-order valence-electron chi connectivity index (χ4n) is 3.29. The maximum Gasteiger partial charge on any atom is 0.154 e. The Labute approximate surface area is 152 Å². The van der Waals surface area contributed by atoms with Crippen LogP contribution in [-0.2, 0) is 0 Å². The third-order valence-corrected chi connectivity index (χ3v) is 4.80. The average Bonchev–Trinajstić information content (AvgIpc) is 2.65. The summed E-state index contributed by atoms with van der Waals surface area (Å²) in [6, 6.07) is 11.9. The number of fused-ring (bicyclic) bond motifs is 1. The lowest BCUT2D eigenvalue weighted by Gasteiger charge is -2.10. The van der Waals surface area contributed by atoms with E-state index in [0.717, 1.165) is 23.5 Å². The van der Waals surface area contributed by atoms with Gasteiger partial charge in [0.1, 0.15) is 5.75 Å². The summed E-state index contributed by atoms with van der Waals surface area (Å²) in [5, 5.41) is 2.05. The number of aldehydes is 1. The average molecular weight is 341 g/mol. The topological polar surface area (TPSA) is 26.3 Å². The van der Waals surface area contributed by atoms with Crippen LogP contribution in [0.2, 0.25) is 0 Å². The van der Waals surface area contributed by atoms with Crippen LogP contribution in [0.3, 0.4) is 0 Å². The molecule has 2 aromatic carbocycles. The number of unbranched alkanes of at least 4 members (excludes halogenated alkanes) is 9. The molecule has 0 saturated heterocycles. The molecule has 2 rings (SSSR count). The third kappa shape index (κ3) is 6.53. The zero-order valence-electron chi connectivity index (χ0n) is 15.6. The van der Waals surface area contributed by atoms with Gasteiger partial charge in [-0.2, -0.15) is 0 Å². The van der Waals surface area contributed by atoms with Gasteiger partial charge in [0.05, 0.1) is 12.2 Å². The van der Waals surface area contributed by atoms with E-state index < -0.39 is 0 Å². The van der Waals surface area contributed by atoms with Gasteiger partial charge in [0.15, 0.2) is 6.29 Å². The van der Waals surface area contributed by atoms with Crippen LogP contribution < -0.4 is 4.74 Å². The van der Waals surface area contributed by atoms with Crippen molar-refractivity contribution in [2.75, 3.05) is 6.61 Å². The molecular formula is C23H32O2. The number of carbonyl (C=O) groups excluding carboxylic acids is 1. The van der Waals surface area contributed by atoms with E-state index in [-0.39, 0.29) is 0 Å². The van der Waals surface area contributed by atoms with Gasteiger partial charge >= 0.3 is 0 Å². The molecule has 0 radical (unpaired) electrons. The molecule has 0 bridgehead atoms. The van der Waals surface area contributed by atoms with E-state index in [1.807, 2.05) is 36.4 Å². The second kappa shape index (κ2) is 11.7. The number of ether oxygens (including phenoxy) is 1. The van der Waals surface area contributed by atoms with Crippen molar-refractivity contribution in [1.29, 1.82) is 0 Å². The van der Waals surface area contributed by atoms with Crippen LogP contribution in [0, 0.1) is 0 Å². The van der Waals surface area contributed by atoms with E-state index in [2.05, 4.69) is 6.92 Å². The van der Waals surface area contributed by atoms with Gasteiger partial charge in [-0.05, 0) is 23.3 Å². The number of hydrogen-bond donors (Lipinski definition) is 0. The summed E-state index contributed by atoms with van der Waals surface area (Å²) in [6.45, 7) is 2.95. The molecule has 0 heterocycles. The summed E-state index contributed by atoms with van der Waals surface area (Å²) in [7, 11) is 0. The third-order valence-electron chi connectivity index (χ3n) is 4.80. The SMILES string of the molecule is CCCCCCCCCCCCOc1ccc2ccccc2c1C=O. The van der Waals surface area contributed by atoms with Crippen LogP contribution in [0.5, 0.6) is 5.75 Å². The van der Waals surface area contributed by atoms with Crippen LogP contribution in [0.4, 0.5) is 0 Å². The normalized spacial score (nSPS) is 10.9. The van der Waals surface area contributed by atoms with E-state index >= 15 is 0 Å². The highest BCUT2D eigenvalue weighted by Crippen LogP contribution is 2.26. The predicted octanol–water partition coefficient (Wildman–Crippen LogP) is 6.95. The van der Waals surface area contributed by atoms with Gasteiger partial charge in [0, 0.05) is 0 Å². The summed E-state index contributed by atoms with van der Waals surface area (Å²) in [6.07, 6.45) is 14.1. The van der Waals surface area contributed by atoms with Gasteiger partial charge in [0.2, 0.25) is 0 Å². The first-order valence-electron chi connectivity index (χ1n) is 9.96. The van der Waals surface area contributed by atoms with E-state index in [9.17, 15) is 4.79 Å². The predicted molar refractivity (Wildman–Crippen MR) is 107 cm³/mol. The second-order valence-corrected chi connectivity index (χ2v) is 6.85. The number of rotatable bonds is 13. The molecule has 136 valence electrons. The highest BCUT2D eigenvalue weighted by Gasteiger charge is 2.07. The summed E-state index contributed by atoms with van der Waals surface area (Å²) in [5.74, 6) is 0.713. The van der Waals surface area contributed by atoms with Crippen molar-refractivity contribution in [3.63, 3.8) is 0 Å². The van der Waals surface area contributed by atoms with Crippen molar-refractivity contribution in [2.45, 2.75) is 71.1 Å². The van der Waals surface area contributed by atoms with Crippen molar-refractivity contribution in [3.8, 4) is 5.75 Å². The molecule has 0 amide bonds. The zero-order chi connectivity index (χ0) is 17.7. The summed E-state index contributed by atoms with van der Waals surface area (Å²) in [5.41, 5.74) is 0.671. The Morgan fingerprint density at radius 2 is 1.44 bits per heavy atom. The maximum atomic E-state index is 11.5. The maximum absolute atomic E-state index is 11.5. The van der Waals surface area contributed by atoms with E-state index in [4.69, 9.17) is 4.74 Å². The molecule has 2 nitrogen and oxygen atoms in total. The van der Waals surface area contributed by atoms with Crippen molar-refractivity contribution >= 4 is 17.1 Å². The first kappa shape index (κ1) is 19.5. The quantitative estimate of drug-likeness (QED) is 0.291. The monoisotopic (exact) mass is 340 g/mol. The molecule has 0 aromatic heterocycles. The van der Waals surface area contributed by atoms with Gasteiger partial charge in [-0.15, -0.1) is 0 Å². The van der Waals surface area contributed by atoms with E-state index in [1.165, 1.54) is 57.8 Å². The number of benzene rings is 2. The molecule has 0 unspecified atom stereocenters. The Bertz CT molecular complexity index is 633. The molecule has 0 spiro atoms. The zero-order valence-corrected chi connectivity index (χ0v) is 15.6. The van der Waals surface area contributed by atoms with Crippen LogP contribution >= 0.6 is 0 Å². The Morgan fingerprint density at radius 1 is 0.800 bits per heavy atom. The molecule has 0 aliphatic rings. The fraction of sp³-hybridized carbons (Fsp3) is 0.522. The van der Waals surface area contributed by atoms with Crippen LogP contribution in [-0.4, -0.2) is 12.9 Å². The largest absolute Gasteiger partial charge is 0.493 e. The van der Waals surface area contributed by atoms with E-state index in [1.54, 1.807) is 0 Å². The molecule has 0 aliphatic heterocycles. The van der Waals surface area contributed by atoms with Crippen molar-refractivity contribution in [3.05, 3.63) is 42.0 Å². The van der Waals surface area contributed by atoms with Crippen molar-refractivity contribution < 1.29 is 9.53 Å². The van der Waals surface area contributed by atoms with E-state index in [0.29, 0.717) is 17.9 Å². The van der Waals surface area contributed by atoms with Gasteiger partial charge in [-0.25, -0.2) is 0 Å². The van der Waals surface area contributed by atoms with Gasteiger partial charge in [0.25, 0.3) is 0 Å². The molecule has 0 saturated carbocycles. The van der Waals surface area contributed by atoms with Crippen LogP contribution in [0.25, 0.3) is 10.8 Å². The van der Waals surface area contributed by atoms with Crippen molar-refractivity contribution in [2.24, 2.45) is 0 Å². The number of carbonyl (C=O) groups is 1. The van der Waals surface area contributed by atoms with Crippen LogP contribution in [0.1, 0.15) is 81.5 Å². The molecule has 0 fully saturated rings. The van der Waals surface area contributed by atoms with Gasteiger partial charge in [-0.3, -0.25) is 4.79 Å². The Kier molecular flexibility index (Phi) is 9.11. The summed E-state index contributed by atoms with van der Waals surface area (Å²) < 4.78 is 5.88. The lowest BCUT2D eigenvalue weighted by atomic mass is 10.0. The first-order chi connectivity index (χ1) is 12.4. The molecule has 0 atom stereocenters. The molecular weight excluding hydrogens is 308 g/mol. The number of hydrogen-bond acceptors (Lipinski definition) is 2. The van der Waals surface area contributed by atoms with Crippen molar-refractivity contribution in [1.82, 2.24) is 0 Å². The smallest absolute Gasteiger partial charge is 0.154 e. The summed E-state index contributed by atoms with van der Waals surface area (Å²) in [4.78, 5) is 11.5. The Hall–Kier alpha value is -1.83. The molecule has 2 aromatic rings. The Balaban J connectivity index is 1.64. The minimum atomic E-state index is 0.671. The highest BCUT2D eigenvalue weighted by atomic mass is 16.5. The molecule has 25 heavy (non-hydrogen) atoms. The fourth-order valence-corrected chi connectivity index (χ4v) is 3.29. The Morgan fingerprint density at radius 3 is 2.12 bits per heavy atom. The highest BCUT2D eigenvalue weighted by molar-refractivity contribution is 6.00.